The van der Waals surface area contributed by atoms with Crippen LogP contribution in [0.3, 0.4) is 0 Å². The highest BCUT2D eigenvalue weighted by molar-refractivity contribution is 6.06. The molecule has 0 N–H and O–H groups in total. The number of carbonyl (C=O) groups is 1. The van der Waals surface area contributed by atoms with Crippen molar-refractivity contribution >= 4 is 16.6 Å². The molecule has 0 radical (unpaired) electrons. The highest BCUT2D eigenvalue weighted by atomic mass is 16.5. The SMILES string of the molecule is COC1(C(=O)c2ccc3ccccc3c2)CC1. The maximum absolute atomic E-state index is 12.3. The third-order valence-corrected chi connectivity index (χ3v) is 3.52. The fourth-order valence-electron chi connectivity index (χ4n) is 2.23. The van der Waals surface area contributed by atoms with E-state index in [1.165, 1.54) is 0 Å². The van der Waals surface area contributed by atoms with Gasteiger partial charge in [0.2, 0.25) is 0 Å². The number of hydrogen-bond acceptors (Lipinski definition) is 2. The minimum atomic E-state index is -0.525. The van der Waals surface area contributed by atoms with Crippen LogP contribution in [-0.2, 0) is 4.74 Å². The van der Waals surface area contributed by atoms with Crippen molar-refractivity contribution in [1.82, 2.24) is 0 Å². The molecule has 2 heteroatoms. The predicted molar refractivity (Wildman–Crippen MR) is 67.3 cm³/mol. The fraction of sp³-hybridized carbons (Fsp3) is 0.267. The molecule has 0 aliphatic heterocycles. The molecule has 0 atom stereocenters. The second-order valence-corrected chi connectivity index (χ2v) is 4.59. The van der Waals surface area contributed by atoms with Gasteiger partial charge in [-0.3, -0.25) is 4.79 Å². The first-order valence-corrected chi connectivity index (χ1v) is 5.84. The first-order chi connectivity index (χ1) is 8.25. The van der Waals surface area contributed by atoms with Crippen molar-refractivity contribution in [1.29, 1.82) is 0 Å². The molecular formula is C15H14O2. The van der Waals surface area contributed by atoms with Crippen molar-refractivity contribution < 1.29 is 9.53 Å². The van der Waals surface area contributed by atoms with E-state index in [2.05, 4.69) is 0 Å². The number of carbonyl (C=O) groups excluding carboxylic acids is 1. The first-order valence-electron chi connectivity index (χ1n) is 5.84. The average Bonchev–Trinajstić information content (AvgIpc) is 3.18. The van der Waals surface area contributed by atoms with Crippen molar-refractivity contribution in [2.45, 2.75) is 18.4 Å². The van der Waals surface area contributed by atoms with Gasteiger partial charge in [0, 0.05) is 12.7 Å². The second kappa shape index (κ2) is 3.67. The van der Waals surface area contributed by atoms with Gasteiger partial charge in [-0.05, 0) is 29.7 Å². The normalized spacial score (nSPS) is 17.0. The number of Topliss-reactive ketones (excluding diaryl/α,β-unsaturated/α-hetero) is 1. The lowest BCUT2D eigenvalue weighted by Gasteiger charge is -2.12. The number of hydrogen-bond donors (Lipinski definition) is 0. The number of rotatable bonds is 3. The van der Waals surface area contributed by atoms with E-state index in [1.54, 1.807) is 7.11 Å². The number of fused-ring (bicyclic) bond motifs is 1. The molecule has 2 nitrogen and oxygen atoms in total. The smallest absolute Gasteiger partial charge is 0.194 e. The van der Waals surface area contributed by atoms with Crippen molar-refractivity contribution in [3.63, 3.8) is 0 Å². The Bertz CT molecular complexity index is 582. The largest absolute Gasteiger partial charge is 0.370 e. The lowest BCUT2D eigenvalue weighted by atomic mass is 10.0. The van der Waals surface area contributed by atoms with Crippen LogP contribution in [0.2, 0.25) is 0 Å². The Morgan fingerprint density at radius 1 is 1.12 bits per heavy atom. The van der Waals surface area contributed by atoms with Crippen LogP contribution in [0.25, 0.3) is 10.8 Å². The molecular weight excluding hydrogens is 212 g/mol. The molecule has 1 aliphatic rings. The van der Waals surface area contributed by atoms with Crippen LogP contribution in [-0.4, -0.2) is 18.5 Å². The van der Waals surface area contributed by atoms with Gasteiger partial charge in [0.05, 0.1) is 0 Å². The quantitative estimate of drug-likeness (QED) is 0.751. The van der Waals surface area contributed by atoms with Gasteiger partial charge in [0.1, 0.15) is 5.60 Å². The molecule has 3 rings (SSSR count). The summed E-state index contributed by atoms with van der Waals surface area (Å²) in [6.45, 7) is 0. The van der Waals surface area contributed by atoms with Gasteiger partial charge in [0.25, 0.3) is 0 Å². The third-order valence-electron chi connectivity index (χ3n) is 3.52. The lowest BCUT2D eigenvalue weighted by Crippen LogP contribution is -2.24. The summed E-state index contributed by atoms with van der Waals surface area (Å²) in [7, 11) is 1.62. The molecule has 17 heavy (non-hydrogen) atoms. The van der Waals surface area contributed by atoms with Crippen LogP contribution in [0.1, 0.15) is 23.2 Å². The van der Waals surface area contributed by atoms with Crippen LogP contribution in [0.4, 0.5) is 0 Å². The Balaban J connectivity index is 2.04. The van der Waals surface area contributed by atoms with Crippen LogP contribution < -0.4 is 0 Å². The summed E-state index contributed by atoms with van der Waals surface area (Å²) in [5.74, 6) is 0.116. The number of ketones is 1. The van der Waals surface area contributed by atoms with E-state index in [4.69, 9.17) is 4.74 Å². The average molecular weight is 226 g/mol. The molecule has 2 aromatic carbocycles. The van der Waals surface area contributed by atoms with Crippen molar-refractivity contribution in [3.8, 4) is 0 Å². The number of methoxy groups -OCH3 is 1. The van der Waals surface area contributed by atoms with E-state index in [9.17, 15) is 4.79 Å². The van der Waals surface area contributed by atoms with E-state index in [1.807, 2.05) is 42.5 Å². The van der Waals surface area contributed by atoms with E-state index in [0.717, 1.165) is 29.2 Å². The van der Waals surface area contributed by atoms with Gasteiger partial charge in [-0.25, -0.2) is 0 Å². The van der Waals surface area contributed by atoms with Gasteiger partial charge in [-0.15, -0.1) is 0 Å². The van der Waals surface area contributed by atoms with Gasteiger partial charge >= 0.3 is 0 Å². The standard InChI is InChI=1S/C15H14O2/c1-17-15(8-9-15)14(16)13-7-6-11-4-2-3-5-12(11)10-13/h2-7,10H,8-9H2,1H3. The van der Waals surface area contributed by atoms with Crippen molar-refractivity contribution in [3.05, 3.63) is 48.0 Å². The van der Waals surface area contributed by atoms with Gasteiger partial charge in [0.15, 0.2) is 5.78 Å². The molecule has 0 saturated heterocycles. The summed E-state index contributed by atoms with van der Waals surface area (Å²) in [5.41, 5.74) is 0.227. The molecule has 0 spiro atoms. The fourth-order valence-corrected chi connectivity index (χ4v) is 2.23. The Hall–Kier alpha value is -1.67. The topological polar surface area (TPSA) is 26.3 Å². The Morgan fingerprint density at radius 2 is 1.82 bits per heavy atom. The summed E-state index contributed by atoms with van der Waals surface area (Å²) in [6.07, 6.45) is 1.68. The summed E-state index contributed by atoms with van der Waals surface area (Å²) in [6, 6.07) is 13.9. The van der Waals surface area contributed by atoms with Gasteiger partial charge < -0.3 is 4.74 Å². The molecule has 0 aromatic heterocycles. The molecule has 2 aromatic rings. The van der Waals surface area contributed by atoms with Crippen LogP contribution >= 0.6 is 0 Å². The molecule has 0 heterocycles. The lowest BCUT2D eigenvalue weighted by molar-refractivity contribution is 0.0516. The predicted octanol–water partition coefficient (Wildman–Crippen LogP) is 3.20. The summed E-state index contributed by atoms with van der Waals surface area (Å²) in [5, 5.41) is 2.26. The van der Waals surface area contributed by atoms with Crippen molar-refractivity contribution in [2.24, 2.45) is 0 Å². The first kappa shape index (κ1) is 10.5. The number of ether oxygens (including phenoxy) is 1. The summed E-state index contributed by atoms with van der Waals surface area (Å²) in [4.78, 5) is 12.3. The molecule has 1 saturated carbocycles. The Kier molecular flexibility index (Phi) is 2.26. The van der Waals surface area contributed by atoms with Crippen LogP contribution in [0.15, 0.2) is 42.5 Å². The molecule has 86 valence electrons. The van der Waals surface area contributed by atoms with E-state index in [-0.39, 0.29) is 5.78 Å². The van der Waals surface area contributed by atoms with Crippen LogP contribution in [0, 0.1) is 0 Å². The minimum absolute atomic E-state index is 0.116. The maximum atomic E-state index is 12.3. The minimum Gasteiger partial charge on any atom is -0.370 e. The van der Waals surface area contributed by atoms with E-state index < -0.39 is 5.60 Å². The highest BCUT2D eigenvalue weighted by Crippen LogP contribution is 2.41. The molecule has 0 bridgehead atoms. The monoisotopic (exact) mass is 226 g/mol. The zero-order chi connectivity index (χ0) is 11.9. The Labute approximate surface area is 100 Å². The Morgan fingerprint density at radius 3 is 2.47 bits per heavy atom. The second-order valence-electron chi connectivity index (χ2n) is 4.59. The van der Waals surface area contributed by atoms with E-state index in [0.29, 0.717) is 0 Å². The van der Waals surface area contributed by atoms with Crippen LogP contribution in [0.5, 0.6) is 0 Å². The van der Waals surface area contributed by atoms with Crippen molar-refractivity contribution in [2.75, 3.05) is 7.11 Å². The highest BCUT2D eigenvalue weighted by Gasteiger charge is 2.50. The number of benzene rings is 2. The molecule has 1 fully saturated rings. The third kappa shape index (κ3) is 1.65. The molecule has 1 aliphatic carbocycles. The molecule has 0 amide bonds. The summed E-state index contributed by atoms with van der Waals surface area (Å²) >= 11 is 0. The zero-order valence-electron chi connectivity index (χ0n) is 9.77. The van der Waals surface area contributed by atoms with Gasteiger partial charge in [-0.1, -0.05) is 36.4 Å². The maximum Gasteiger partial charge on any atom is 0.194 e. The van der Waals surface area contributed by atoms with E-state index >= 15 is 0 Å². The van der Waals surface area contributed by atoms with Gasteiger partial charge in [-0.2, -0.15) is 0 Å². The molecule has 0 unspecified atom stereocenters. The summed E-state index contributed by atoms with van der Waals surface area (Å²) < 4.78 is 5.33. The zero-order valence-corrected chi connectivity index (χ0v) is 9.77.